The van der Waals surface area contributed by atoms with E-state index in [-0.39, 0.29) is 11.6 Å². The first-order valence-electron chi connectivity index (χ1n) is 10.5. The number of aryl methyl sites for hydroxylation is 2. The Labute approximate surface area is 186 Å². The van der Waals surface area contributed by atoms with Crippen LogP contribution in [0.1, 0.15) is 16.7 Å². The maximum absolute atomic E-state index is 13.5. The van der Waals surface area contributed by atoms with Crippen LogP contribution in [0.25, 0.3) is 5.57 Å². The van der Waals surface area contributed by atoms with Gasteiger partial charge in [0.25, 0.3) is 11.8 Å². The number of hydrogen-bond acceptors (Lipinski definition) is 5. The fraction of sp³-hybridized carbons (Fsp3) is 0.154. The molecule has 5 rings (SSSR count). The molecule has 0 radical (unpaired) electrons. The summed E-state index contributed by atoms with van der Waals surface area (Å²) in [4.78, 5) is 28.3. The molecule has 2 aliphatic heterocycles. The molecule has 32 heavy (non-hydrogen) atoms. The van der Waals surface area contributed by atoms with E-state index in [1.165, 1.54) is 4.90 Å². The molecule has 0 unspecified atom stereocenters. The molecule has 0 saturated carbocycles. The summed E-state index contributed by atoms with van der Waals surface area (Å²) in [5.41, 5.74) is 4.70. The number of rotatable bonds is 4. The Hall–Kier alpha value is -4.06. The third kappa shape index (κ3) is 3.39. The van der Waals surface area contributed by atoms with E-state index in [0.717, 1.165) is 16.8 Å². The predicted molar refractivity (Wildman–Crippen MR) is 123 cm³/mol. The van der Waals surface area contributed by atoms with Crippen molar-refractivity contribution in [2.45, 2.75) is 13.8 Å². The van der Waals surface area contributed by atoms with Gasteiger partial charge in [0.05, 0.1) is 11.3 Å². The lowest BCUT2D eigenvalue weighted by Crippen LogP contribution is -2.32. The highest BCUT2D eigenvalue weighted by molar-refractivity contribution is 6.46. The number of ether oxygens (including phenoxy) is 2. The molecule has 160 valence electrons. The van der Waals surface area contributed by atoms with Crippen LogP contribution in [0.2, 0.25) is 0 Å². The van der Waals surface area contributed by atoms with Crippen molar-refractivity contribution in [2.24, 2.45) is 0 Å². The number of benzene rings is 3. The summed E-state index contributed by atoms with van der Waals surface area (Å²) in [5, 5.41) is 3.21. The summed E-state index contributed by atoms with van der Waals surface area (Å²) in [6.45, 7) is 4.93. The molecule has 0 atom stereocenters. The van der Waals surface area contributed by atoms with Gasteiger partial charge in [0.1, 0.15) is 18.9 Å². The van der Waals surface area contributed by atoms with Crippen molar-refractivity contribution in [3.05, 3.63) is 89.1 Å². The number of nitrogens with one attached hydrogen (secondary N) is 1. The predicted octanol–water partition coefficient (Wildman–Crippen LogP) is 4.47. The van der Waals surface area contributed by atoms with E-state index in [1.54, 1.807) is 18.2 Å². The van der Waals surface area contributed by atoms with Gasteiger partial charge in [-0.2, -0.15) is 0 Å². The van der Waals surface area contributed by atoms with E-state index in [1.807, 2.05) is 62.4 Å². The van der Waals surface area contributed by atoms with Gasteiger partial charge >= 0.3 is 0 Å². The van der Waals surface area contributed by atoms with Gasteiger partial charge in [-0.15, -0.1) is 0 Å². The summed E-state index contributed by atoms with van der Waals surface area (Å²) < 4.78 is 11.2. The fourth-order valence-corrected chi connectivity index (χ4v) is 3.89. The second-order valence-corrected chi connectivity index (χ2v) is 7.81. The monoisotopic (exact) mass is 426 g/mol. The maximum atomic E-state index is 13.5. The summed E-state index contributed by atoms with van der Waals surface area (Å²) in [7, 11) is 0. The number of hydrogen-bond donors (Lipinski definition) is 1. The highest BCUT2D eigenvalue weighted by atomic mass is 16.6. The highest BCUT2D eigenvalue weighted by Gasteiger charge is 2.40. The summed E-state index contributed by atoms with van der Waals surface area (Å²) in [6.07, 6.45) is 0. The van der Waals surface area contributed by atoms with Crippen molar-refractivity contribution in [3.8, 4) is 11.5 Å². The molecule has 0 aromatic heterocycles. The molecule has 0 saturated heterocycles. The average molecular weight is 426 g/mol. The Balaban J connectivity index is 1.58. The van der Waals surface area contributed by atoms with E-state index in [0.29, 0.717) is 41.5 Å². The number of carbonyl (C=O) groups is 2. The lowest BCUT2D eigenvalue weighted by atomic mass is 10.0. The van der Waals surface area contributed by atoms with Crippen LogP contribution in [-0.4, -0.2) is 25.0 Å². The zero-order chi connectivity index (χ0) is 22.2. The van der Waals surface area contributed by atoms with Crippen molar-refractivity contribution in [3.63, 3.8) is 0 Å². The molecular weight excluding hydrogens is 404 g/mol. The Morgan fingerprint density at radius 1 is 0.781 bits per heavy atom. The summed E-state index contributed by atoms with van der Waals surface area (Å²) >= 11 is 0. The molecule has 2 amide bonds. The van der Waals surface area contributed by atoms with E-state index in [9.17, 15) is 9.59 Å². The van der Waals surface area contributed by atoms with Crippen LogP contribution in [-0.2, 0) is 9.59 Å². The summed E-state index contributed by atoms with van der Waals surface area (Å²) in [5.74, 6) is 0.322. The second kappa shape index (κ2) is 7.89. The third-order valence-electron chi connectivity index (χ3n) is 5.71. The van der Waals surface area contributed by atoms with Gasteiger partial charge in [-0.3, -0.25) is 9.59 Å². The van der Waals surface area contributed by atoms with E-state index in [4.69, 9.17) is 9.47 Å². The normalized spacial score (nSPS) is 15.4. The van der Waals surface area contributed by atoms with Crippen LogP contribution in [0.4, 0.5) is 11.4 Å². The largest absolute Gasteiger partial charge is 0.486 e. The van der Waals surface area contributed by atoms with Gasteiger partial charge in [-0.1, -0.05) is 36.4 Å². The molecule has 2 heterocycles. The number of imide groups is 1. The van der Waals surface area contributed by atoms with Crippen LogP contribution >= 0.6 is 0 Å². The molecule has 0 bridgehead atoms. The third-order valence-corrected chi connectivity index (χ3v) is 5.71. The highest BCUT2D eigenvalue weighted by Crippen LogP contribution is 2.38. The Kier molecular flexibility index (Phi) is 4.90. The van der Waals surface area contributed by atoms with Gasteiger partial charge in [-0.25, -0.2) is 4.90 Å². The molecule has 2 aliphatic rings. The van der Waals surface area contributed by atoms with E-state index >= 15 is 0 Å². The summed E-state index contributed by atoms with van der Waals surface area (Å²) in [6, 6.07) is 20.2. The van der Waals surface area contributed by atoms with Gasteiger partial charge in [-0.05, 0) is 54.8 Å². The van der Waals surface area contributed by atoms with Gasteiger partial charge in [0.2, 0.25) is 0 Å². The van der Waals surface area contributed by atoms with Crippen LogP contribution in [0.3, 0.4) is 0 Å². The zero-order valence-electron chi connectivity index (χ0n) is 17.8. The number of fused-ring (bicyclic) bond motifs is 1. The average Bonchev–Trinajstić information content (AvgIpc) is 3.05. The molecule has 3 aromatic carbocycles. The first-order chi connectivity index (χ1) is 15.5. The Bertz CT molecular complexity index is 1260. The number of amides is 2. The minimum absolute atomic E-state index is 0.249. The molecule has 0 spiro atoms. The van der Waals surface area contributed by atoms with Crippen molar-refractivity contribution < 1.29 is 19.1 Å². The van der Waals surface area contributed by atoms with Crippen molar-refractivity contribution in [1.29, 1.82) is 0 Å². The van der Waals surface area contributed by atoms with Crippen molar-refractivity contribution in [1.82, 2.24) is 0 Å². The zero-order valence-corrected chi connectivity index (χ0v) is 17.8. The lowest BCUT2D eigenvalue weighted by Gasteiger charge is -2.21. The van der Waals surface area contributed by atoms with E-state index < -0.39 is 5.91 Å². The standard InChI is InChI=1S/C26H22N2O4/c1-16-8-9-19(14-17(16)2)27-24-23(18-6-4-3-5-7-18)25(29)28(26(24)30)20-10-11-21-22(15-20)32-13-12-31-21/h3-11,14-15,27H,12-13H2,1-2H3. The van der Waals surface area contributed by atoms with Gasteiger partial charge in [0, 0.05) is 11.8 Å². The fourth-order valence-electron chi connectivity index (χ4n) is 3.89. The minimum Gasteiger partial charge on any atom is -0.486 e. The molecule has 6 heteroatoms. The van der Waals surface area contributed by atoms with Crippen LogP contribution in [0.15, 0.2) is 72.4 Å². The smallest absolute Gasteiger partial charge is 0.282 e. The van der Waals surface area contributed by atoms with Gasteiger partial charge in [0.15, 0.2) is 11.5 Å². The van der Waals surface area contributed by atoms with E-state index in [2.05, 4.69) is 5.32 Å². The van der Waals surface area contributed by atoms with Crippen LogP contribution in [0.5, 0.6) is 11.5 Å². The first kappa shape index (κ1) is 19.9. The molecule has 0 fully saturated rings. The van der Waals surface area contributed by atoms with Gasteiger partial charge < -0.3 is 14.8 Å². The van der Waals surface area contributed by atoms with Crippen molar-refractivity contribution in [2.75, 3.05) is 23.4 Å². The number of nitrogens with zero attached hydrogens (tertiary/aromatic N) is 1. The Morgan fingerprint density at radius 3 is 2.28 bits per heavy atom. The SMILES string of the molecule is Cc1ccc(NC2=C(c3ccccc3)C(=O)N(c3ccc4c(c3)OCCO4)C2=O)cc1C. The molecule has 0 aliphatic carbocycles. The maximum Gasteiger partial charge on any atom is 0.282 e. The molecule has 6 nitrogen and oxygen atoms in total. The number of anilines is 2. The molecule has 1 N–H and O–H groups in total. The second-order valence-electron chi connectivity index (χ2n) is 7.81. The quantitative estimate of drug-likeness (QED) is 0.624. The Morgan fingerprint density at radius 2 is 1.53 bits per heavy atom. The van der Waals surface area contributed by atoms with Crippen molar-refractivity contribution >= 4 is 28.8 Å². The lowest BCUT2D eigenvalue weighted by molar-refractivity contribution is -0.120. The van der Waals surface area contributed by atoms with Crippen LogP contribution < -0.4 is 19.7 Å². The number of carbonyl (C=O) groups excluding carboxylic acids is 2. The first-order valence-corrected chi connectivity index (χ1v) is 10.5. The van der Waals surface area contributed by atoms with Crippen LogP contribution in [0, 0.1) is 13.8 Å². The minimum atomic E-state index is -0.413. The molecule has 3 aromatic rings. The topological polar surface area (TPSA) is 67.9 Å². The molecular formula is C26H22N2O4.